The average molecular weight is 294 g/mol. The molecule has 18 heavy (non-hydrogen) atoms. The molecule has 0 amide bonds. The fourth-order valence-corrected chi connectivity index (χ4v) is 0. The molecule has 114 valence electrons. The van der Waals surface area contributed by atoms with Crippen LogP contribution in [0.5, 0.6) is 0 Å². The van der Waals surface area contributed by atoms with E-state index in [4.69, 9.17) is 0 Å². The molecule has 0 N–H and O–H groups in total. The molecular weight excluding hydrogens is 279 g/mol. The van der Waals surface area contributed by atoms with Gasteiger partial charge in [0, 0.05) is 19.3 Å². The van der Waals surface area contributed by atoms with Crippen molar-refractivity contribution >= 4 is 0 Å². The van der Waals surface area contributed by atoms with Gasteiger partial charge in [0.05, 0.1) is 0 Å². The monoisotopic (exact) mass is 294 g/mol. The Hall–Kier alpha value is -0.630. The minimum Gasteiger partial charge on any atom is -0.171 e. The number of alkyl halides is 9. The lowest BCUT2D eigenvalue weighted by Crippen LogP contribution is -2.02. The van der Waals surface area contributed by atoms with Gasteiger partial charge in [-0.25, -0.2) is 0 Å². The zero-order valence-corrected chi connectivity index (χ0v) is 10.0. The van der Waals surface area contributed by atoms with Gasteiger partial charge in [-0.1, -0.05) is 20.8 Å². The zero-order valence-electron chi connectivity index (χ0n) is 10.0. The van der Waals surface area contributed by atoms with Gasteiger partial charge in [0.25, 0.3) is 0 Å². The third kappa shape index (κ3) is 45.3. The molecule has 0 spiro atoms. The molecule has 0 aliphatic rings. The van der Waals surface area contributed by atoms with Gasteiger partial charge in [-0.05, 0) is 0 Å². The summed E-state index contributed by atoms with van der Waals surface area (Å²) >= 11 is 0. The number of hydrogen-bond donors (Lipinski definition) is 0. The maximum Gasteiger partial charge on any atom is 0.388 e. The first-order valence-corrected chi connectivity index (χ1v) is 4.88. The number of halogens is 9. The second-order valence-corrected chi connectivity index (χ2v) is 2.91. The predicted molar refractivity (Wildman–Crippen MR) is 49.0 cm³/mol. The summed E-state index contributed by atoms with van der Waals surface area (Å²) < 4.78 is 97.1. The first kappa shape index (κ1) is 22.5. The molecule has 0 aromatic heterocycles. The highest BCUT2D eigenvalue weighted by Crippen LogP contribution is 2.18. The quantitative estimate of drug-likeness (QED) is 0.490. The van der Waals surface area contributed by atoms with E-state index in [1.807, 2.05) is 0 Å². The fraction of sp³-hybridized carbons (Fsp3) is 1.00. The Kier molecular flexibility index (Phi) is 11.7. The van der Waals surface area contributed by atoms with Crippen molar-refractivity contribution in [3.8, 4) is 0 Å². The van der Waals surface area contributed by atoms with Crippen molar-refractivity contribution in [2.75, 3.05) is 0 Å². The highest BCUT2D eigenvalue weighted by Gasteiger charge is 2.23. The normalized spacial score (nSPS) is 12.0. The lowest BCUT2D eigenvalue weighted by atomic mass is 10.5. The van der Waals surface area contributed by atoms with Crippen molar-refractivity contribution in [3.63, 3.8) is 0 Å². The molecule has 0 heterocycles. The van der Waals surface area contributed by atoms with Crippen LogP contribution in [0.2, 0.25) is 0 Å². The predicted octanol–water partition coefficient (Wildman–Crippen LogP) is 5.88. The Morgan fingerprint density at radius 1 is 0.444 bits per heavy atom. The summed E-state index contributed by atoms with van der Waals surface area (Å²) in [6.07, 6.45) is -14.1. The standard InChI is InChI=1S/3C3H5F3/c3*1-2-3(4,5)6/h3*2H2,1H3. The summed E-state index contributed by atoms with van der Waals surface area (Å²) in [6, 6.07) is 0. The highest BCUT2D eigenvalue weighted by atomic mass is 19.4. The van der Waals surface area contributed by atoms with Crippen molar-refractivity contribution < 1.29 is 39.5 Å². The van der Waals surface area contributed by atoms with Gasteiger partial charge in [0.2, 0.25) is 0 Å². The van der Waals surface area contributed by atoms with E-state index in [2.05, 4.69) is 0 Å². The van der Waals surface area contributed by atoms with E-state index in [-0.39, 0.29) is 0 Å². The summed E-state index contributed by atoms with van der Waals surface area (Å²) in [5.41, 5.74) is 0. The Bertz CT molecular complexity index is 141. The van der Waals surface area contributed by atoms with Gasteiger partial charge in [0.15, 0.2) is 0 Å². The van der Waals surface area contributed by atoms with Gasteiger partial charge in [-0.15, -0.1) is 0 Å². The van der Waals surface area contributed by atoms with Crippen LogP contribution in [0.15, 0.2) is 0 Å². The molecule has 0 aromatic rings. The molecular formula is C9H15F9. The number of rotatable bonds is 0. The molecule has 9 heteroatoms. The summed E-state index contributed by atoms with van der Waals surface area (Å²) in [5, 5.41) is 0. The van der Waals surface area contributed by atoms with Crippen molar-refractivity contribution in [2.24, 2.45) is 0 Å². The molecule has 0 rings (SSSR count). The largest absolute Gasteiger partial charge is 0.388 e. The average Bonchev–Trinajstić information content (AvgIpc) is 2.16. The van der Waals surface area contributed by atoms with E-state index < -0.39 is 37.8 Å². The fourth-order valence-electron chi connectivity index (χ4n) is 0. The van der Waals surface area contributed by atoms with Crippen molar-refractivity contribution in [1.82, 2.24) is 0 Å². The van der Waals surface area contributed by atoms with E-state index in [0.29, 0.717) is 0 Å². The zero-order chi connectivity index (χ0) is 15.6. The van der Waals surface area contributed by atoms with Crippen LogP contribution in [0.1, 0.15) is 40.0 Å². The second-order valence-electron chi connectivity index (χ2n) is 2.91. The van der Waals surface area contributed by atoms with Crippen LogP contribution in [0, 0.1) is 0 Å². The molecule has 0 aliphatic heterocycles. The highest BCUT2D eigenvalue weighted by molar-refractivity contribution is 4.40. The van der Waals surface area contributed by atoms with Gasteiger partial charge >= 0.3 is 18.5 Å². The second kappa shape index (κ2) is 9.32. The van der Waals surface area contributed by atoms with E-state index in [0.717, 1.165) is 20.8 Å². The van der Waals surface area contributed by atoms with Crippen LogP contribution in [-0.2, 0) is 0 Å². The first-order valence-electron chi connectivity index (χ1n) is 4.88. The molecule has 0 unspecified atom stereocenters. The molecule has 0 fully saturated rings. The Balaban J connectivity index is -0.000000187. The SMILES string of the molecule is CCC(F)(F)F.CCC(F)(F)F.CCC(F)(F)F. The van der Waals surface area contributed by atoms with Crippen LogP contribution in [-0.4, -0.2) is 18.5 Å². The Morgan fingerprint density at radius 3 is 0.500 bits per heavy atom. The Morgan fingerprint density at radius 2 is 0.500 bits per heavy atom. The lowest BCUT2D eigenvalue weighted by molar-refractivity contribution is -0.131. The van der Waals surface area contributed by atoms with Crippen LogP contribution < -0.4 is 0 Å². The van der Waals surface area contributed by atoms with Crippen LogP contribution in [0.25, 0.3) is 0 Å². The smallest absolute Gasteiger partial charge is 0.171 e. The molecule has 0 bridgehead atoms. The van der Waals surface area contributed by atoms with E-state index in [9.17, 15) is 39.5 Å². The number of hydrogen-bond acceptors (Lipinski definition) is 0. The molecule has 0 nitrogen and oxygen atoms in total. The lowest BCUT2D eigenvalue weighted by Gasteiger charge is -1.96. The van der Waals surface area contributed by atoms with E-state index in [1.165, 1.54) is 0 Å². The molecule has 0 atom stereocenters. The van der Waals surface area contributed by atoms with Crippen LogP contribution in [0.4, 0.5) is 39.5 Å². The summed E-state index contributed by atoms with van der Waals surface area (Å²) in [4.78, 5) is 0. The third-order valence-corrected chi connectivity index (χ3v) is 1.20. The molecule has 0 saturated heterocycles. The summed E-state index contributed by atoms with van der Waals surface area (Å²) in [6.45, 7) is 3.25. The molecule has 0 radical (unpaired) electrons. The van der Waals surface area contributed by atoms with Gasteiger partial charge in [-0.2, -0.15) is 39.5 Å². The van der Waals surface area contributed by atoms with Crippen LogP contribution >= 0.6 is 0 Å². The maximum atomic E-state index is 10.8. The van der Waals surface area contributed by atoms with Crippen LogP contribution in [0.3, 0.4) is 0 Å². The topological polar surface area (TPSA) is 0 Å². The van der Waals surface area contributed by atoms with Crippen molar-refractivity contribution in [1.29, 1.82) is 0 Å². The molecule has 0 saturated carbocycles. The summed E-state index contributed by atoms with van der Waals surface area (Å²) in [5.74, 6) is 0. The van der Waals surface area contributed by atoms with Crippen molar-refractivity contribution in [3.05, 3.63) is 0 Å². The van der Waals surface area contributed by atoms with Gasteiger partial charge < -0.3 is 0 Å². The first-order chi connectivity index (χ1) is 7.68. The van der Waals surface area contributed by atoms with Gasteiger partial charge in [0.1, 0.15) is 0 Å². The minimum absolute atomic E-state index is 0.729. The maximum absolute atomic E-state index is 10.8. The Labute approximate surface area is 99.2 Å². The summed E-state index contributed by atoms with van der Waals surface area (Å²) in [7, 11) is 0. The van der Waals surface area contributed by atoms with E-state index >= 15 is 0 Å². The minimum atomic E-state index is -3.96. The van der Waals surface area contributed by atoms with Gasteiger partial charge in [-0.3, -0.25) is 0 Å². The van der Waals surface area contributed by atoms with E-state index in [1.54, 1.807) is 0 Å². The third-order valence-electron chi connectivity index (χ3n) is 1.20. The molecule has 0 aromatic carbocycles. The molecule has 0 aliphatic carbocycles. The van der Waals surface area contributed by atoms with Crippen molar-refractivity contribution in [2.45, 2.75) is 58.6 Å².